The molecule has 0 heterocycles. The Morgan fingerprint density at radius 2 is 2.12 bits per heavy atom. The normalized spacial score (nSPS) is 11.6. The fourth-order valence-corrected chi connectivity index (χ4v) is 0.393. The minimum absolute atomic E-state index is 0.0171. The number of carbonyl (C=O) groups is 1. The van der Waals surface area contributed by atoms with E-state index in [9.17, 15) is 4.79 Å². The molecule has 0 aromatic heterocycles. The minimum atomic E-state index is -0.0282. The van der Waals surface area contributed by atoms with Crippen molar-refractivity contribution in [1.29, 1.82) is 0 Å². The molecule has 0 fully saturated rings. The van der Waals surface area contributed by atoms with Crippen molar-refractivity contribution in [2.24, 2.45) is 0 Å². The third kappa shape index (κ3) is 3.56. The van der Waals surface area contributed by atoms with Crippen molar-refractivity contribution in [2.45, 2.75) is 13.8 Å². The molecule has 46 valence electrons. The molecule has 0 unspecified atom stereocenters. The zero-order valence-electron chi connectivity index (χ0n) is 5.14. The second-order valence-corrected chi connectivity index (χ2v) is 1.76. The highest BCUT2D eigenvalue weighted by Crippen LogP contribution is 1.88. The van der Waals surface area contributed by atoms with Gasteiger partial charge in [0.1, 0.15) is 0 Å². The maximum absolute atomic E-state index is 10.2. The summed E-state index contributed by atoms with van der Waals surface area (Å²) in [6, 6.07) is 0. The van der Waals surface area contributed by atoms with Crippen LogP contribution in [0.3, 0.4) is 0 Å². The van der Waals surface area contributed by atoms with Crippen LogP contribution in [0.1, 0.15) is 13.8 Å². The maximum atomic E-state index is 10.2. The molecule has 0 aliphatic carbocycles. The molecule has 8 heavy (non-hydrogen) atoms. The Balaban J connectivity index is 3.75. The zero-order valence-corrected chi connectivity index (χ0v) is 5.14. The lowest BCUT2D eigenvalue weighted by Gasteiger charge is -1.87. The van der Waals surface area contributed by atoms with Gasteiger partial charge in [0.2, 0.25) is 0 Å². The summed E-state index contributed by atoms with van der Waals surface area (Å²) in [5.74, 6) is -0.0171. The molecule has 0 aliphatic heterocycles. The Kier molecular flexibility index (Phi) is 3.12. The van der Waals surface area contributed by atoms with Gasteiger partial charge < -0.3 is 5.11 Å². The smallest absolute Gasteiger partial charge is 0.152 e. The van der Waals surface area contributed by atoms with Gasteiger partial charge in [0.05, 0.1) is 6.61 Å². The van der Waals surface area contributed by atoms with Gasteiger partial charge in [0, 0.05) is 0 Å². The quantitative estimate of drug-likeness (QED) is 0.531. The van der Waals surface area contributed by atoms with E-state index in [4.69, 9.17) is 5.11 Å². The van der Waals surface area contributed by atoms with Crippen molar-refractivity contribution in [3.8, 4) is 0 Å². The third-order valence-corrected chi connectivity index (χ3v) is 0.699. The first kappa shape index (κ1) is 7.37. The topological polar surface area (TPSA) is 37.3 Å². The highest BCUT2D eigenvalue weighted by Gasteiger charge is 1.86. The van der Waals surface area contributed by atoms with Crippen LogP contribution in [0.25, 0.3) is 0 Å². The van der Waals surface area contributed by atoms with Gasteiger partial charge in [-0.1, -0.05) is 0 Å². The molecule has 0 saturated carbocycles. The molecule has 1 N–H and O–H groups in total. The second kappa shape index (κ2) is 3.38. The second-order valence-electron chi connectivity index (χ2n) is 1.76. The molecular formula is C6H10O2. The van der Waals surface area contributed by atoms with Gasteiger partial charge in [0.25, 0.3) is 0 Å². The van der Waals surface area contributed by atoms with Crippen molar-refractivity contribution < 1.29 is 9.90 Å². The van der Waals surface area contributed by atoms with E-state index in [2.05, 4.69) is 0 Å². The third-order valence-electron chi connectivity index (χ3n) is 0.699. The van der Waals surface area contributed by atoms with Crippen LogP contribution in [0.15, 0.2) is 11.6 Å². The summed E-state index contributed by atoms with van der Waals surface area (Å²) < 4.78 is 0. The van der Waals surface area contributed by atoms with Crippen LogP contribution in [-0.2, 0) is 4.79 Å². The summed E-state index contributed by atoms with van der Waals surface area (Å²) in [5.41, 5.74) is 0.706. The predicted molar refractivity (Wildman–Crippen MR) is 31.5 cm³/mol. The summed E-state index contributed by atoms with van der Waals surface area (Å²) in [7, 11) is 0. The molecule has 0 saturated heterocycles. The monoisotopic (exact) mass is 114 g/mol. The number of rotatable bonds is 2. The van der Waals surface area contributed by atoms with Crippen LogP contribution in [0.5, 0.6) is 0 Å². The van der Waals surface area contributed by atoms with Gasteiger partial charge in [-0.25, -0.2) is 0 Å². The molecule has 2 nitrogen and oxygen atoms in total. The minimum Gasteiger partial charge on any atom is -0.392 e. The van der Waals surface area contributed by atoms with Crippen molar-refractivity contribution in [1.82, 2.24) is 0 Å². The maximum Gasteiger partial charge on any atom is 0.152 e. The largest absolute Gasteiger partial charge is 0.392 e. The molecule has 0 amide bonds. The number of aliphatic hydroxyl groups is 1. The predicted octanol–water partition coefficient (Wildman–Crippen LogP) is 0.514. The van der Waals surface area contributed by atoms with E-state index in [1.807, 2.05) is 0 Å². The summed E-state index contributed by atoms with van der Waals surface area (Å²) >= 11 is 0. The summed E-state index contributed by atoms with van der Waals surface area (Å²) in [5, 5.41) is 8.36. The van der Waals surface area contributed by atoms with Gasteiger partial charge in [-0.05, 0) is 25.5 Å². The van der Waals surface area contributed by atoms with Crippen LogP contribution >= 0.6 is 0 Å². The molecule has 0 radical (unpaired) electrons. The van der Waals surface area contributed by atoms with Gasteiger partial charge in [-0.3, -0.25) is 4.79 Å². The molecule has 0 rings (SSSR count). The standard InChI is InChI=1S/C6H10O2/c1-5(4-7)3-6(2)8/h3,7H,4H2,1-2H3. The molecule has 0 bridgehead atoms. The van der Waals surface area contributed by atoms with Crippen LogP contribution < -0.4 is 0 Å². The lowest BCUT2D eigenvalue weighted by molar-refractivity contribution is -0.112. The van der Waals surface area contributed by atoms with E-state index in [0.29, 0.717) is 5.57 Å². The van der Waals surface area contributed by atoms with Crippen molar-refractivity contribution >= 4 is 5.78 Å². The fraction of sp³-hybridized carbons (Fsp3) is 0.500. The van der Waals surface area contributed by atoms with E-state index in [0.717, 1.165) is 0 Å². The van der Waals surface area contributed by atoms with E-state index >= 15 is 0 Å². The Labute approximate surface area is 48.8 Å². The van der Waals surface area contributed by atoms with Crippen LogP contribution in [-0.4, -0.2) is 17.5 Å². The van der Waals surface area contributed by atoms with Crippen LogP contribution in [0, 0.1) is 0 Å². The Bertz CT molecular complexity index is 114. The molecule has 0 aliphatic rings. The van der Waals surface area contributed by atoms with Gasteiger partial charge in [-0.15, -0.1) is 0 Å². The molecule has 2 heteroatoms. The summed E-state index contributed by atoms with van der Waals surface area (Å²) in [6.45, 7) is 3.14. The molecule has 0 spiro atoms. The average Bonchev–Trinajstić information content (AvgIpc) is 1.65. The van der Waals surface area contributed by atoms with Crippen molar-refractivity contribution in [3.63, 3.8) is 0 Å². The molecule has 0 aromatic carbocycles. The number of ketones is 1. The van der Waals surface area contributed by atoms with E-state index in [1.54, 1.807) is 6.92 Å². The first-order valence-electron chi connectivity index (χ1n) is 2.45. The van der Waals surface area contributed by atoms with Crippen LogP contribution in [0.4, 0.5) is 0 Å². The number of carbonyl (C=O) groups excluding carboxylic acids is 1. The lowest BCUT2D eigenvalue weighted by Crippen LogP contribution is -1.88. The molecule has 0 atom stereocenters. The van der Waals surface area contributed by atoms with Crippen LogP contribution in [0.2, 0.25) is 0 Å². The van der Waals surface area contributed by atoms with E-state index < -0.39 is 0 Å². The first-order valence-corrected chi connectivity index (χ1v) is 2.45. The highest BCUT2D eigenvalue weighted by atomic mass is 16.3. The number of hydrogen-bond donors (Lipinski definition) is 1. The highest BCUT2D eigenvalue weighted by molar-refractivity contribution is 5.87. The van der Waals surface area contributed by atoms with Gasteiger partial charge in [-0.2, -0.15) is 0 Å². The van der Waals surface area contributed by atoms with Crippen molar-refractivity contribution in [3.05, 3.63) is 11.6 Å². The van der Waals surface area contributed by atoms with Gasteiger partial charge >= 0.3 is 0 Å². The number of hydrogen-bond acceptors (Lipinski definition) is 2. The zero-order chi connectivity index (χ0) is 6.57. The average molecular weight is 114 g/mol. The molecular weight excluding hydrogens is 104 g/mol. The fourth-order valence-electron chi connectivity index (χ4n) is 0.393. The first-order chi connectivity index (χ1) is 3.66. The Morgan fingerprint density at radius 1 is 1.62 bits per heavy atom. The van der Waals surface area contributed by atoms with Crippen molar-refractivity contribution in [2.75, 3.05) is 6.61 Å². The lowest BCUT2D eigenvalue weighted by atomic mass is 10.2. The SMILES string of the molecule is CC(=O)C=C(C)CO. The Morgan fingerprint density at radius 3 is 2.25 bits per heavy atom. The number of allylic oxidation sites excluding steroid dienone is 1. The molecule has 0 aromatic rings. The van der Waals surface area contributed by atoms with Gasteiger partial charge in [0.15, 0.2) is 5.78 Å². The van der Waals surface area contributed by atoms with E-state index in [-0.39, 0.29) is 12.4 Å². The van der Waals surface area contributed by atoms with E-state index in [1.165, 1.54) is 13.0 Å². The summed E-state index contributed by atoms with van der Waals surface area (Å²) in [4.78, 5) is 10.2. The summed E-state index contributed by atoms with van der Waals surface area (Å²) in [6.07, 6.45) is 1.42. The number of aliphatic hydroxyl groups excluding tert-OH is 1. The Hall–Kier alpha value is -0.630.